The van der Waals surface area contributed by atoms with E-state index >= 15 is 0 Å². The summed E-state index contributed by atoms with van der Waals surface area (Å²) in [6, 6.07) is 8.12. The van der Waals surface area contributed by atoms with Crippen LogP contribution in [0.5, 0.6) is 0 Å². The van der Waals surface area contributed by atoms with Gasteiger partial charge in [0.15, 0.2) is 0 Å². The monoisotopic (exact) mass is 351 g/mol. The minimum absolute atomic E-state index is 0.339. The Morgan fingerprint density at radius 1 is 1.05 bits per heavy atom. The fourth-order valence-corrected chi connectivity index (χ4v) is 1.99. The molecule has 112 valence electrons. The number of nitrogen functional groups attached to an aromatic ring is 1. The Bertz CT molecular complexity index is 600. The Kier molecular flexibility index (Phi) is 4.92. The first-order valence-electron chi connectivity index (χ1n) is 6.35. The molecule has 0 aliphatic heterocycles. The van der Waals surface area contributed by atoms with Gasteiger partial charge < -0.3 is 9.80 Å². The van der Waals surface area contributed by atoms with Crippen molar-refractivity contribution in [2.75, 3.05) is 36.4 Å². The maximum absolute atomic E-state index is 5.41. The Morgan fingerprint density at radius 2 is 1.67 bits per heavy atom. The number of hydrogen-bond donors (Lipinski definition) is 2. The average Bonchev–Trinajstić information content (AvgIpc) is 2.49. The van der Waals surface area contributed by atoms with Gasteiger partial charge in [-0.1, -0.05) is 28.1 Å². The van der Waals surface area contributed by atoms with Crippen LogP contribution in [-0.2, 0) is 6.54 Å². The van der Waals surface area contributed by atoms with Crippen molar-refractivity contribution >= 4 is 33.8 Å². The maximum Gasteiger partial charge on any atom is 0.243 e. The topological polar surface area (TPSA) is 83.2 Å². The molecule has 0 spiro atoms. The number of nitrogens with two attached hydrogens (primary N) is 1. The number of nitrogens with zero attached hydrogens (tertiary/aromatic N) is 5. The lowest BCUT2D eigenvalue weighted by Gasteiger charge is -2.19. The molecule has 0 saturated carbocycles. The molecule has 0 unspecified atom stereocenters. The smallest absolute Gasteiger partial charge is 0.243 e. The lowest BCUT2D eigenvalue weighted by atomic mass is 10.2. The molecule has 1 aromatic heterocycles. The summed E-state index contributed by atoms with van der Waals surface area (Å²) in [4.78, 5) is 16.6. The second-order valence-electron chi connectivity index (χ2n) is 4.78. The molecule has 2 aromatic rings. The number of nitrogens with one attached hydrogen (secondary N) is 1. The van der Waals surface area contributed by atoms with E-state index in [1.807, 2.05) is 38.2 Å². The molecule has 0 saturated heterocycles. The summed E-state index contributed by atoms with van der Waals surface area (Å²) in [5.41, 5.74) is 3.63. The van der Waals surface area contributed by atoms with Gasteiger partial charge in [0.1, 0.15) is 0 Å². The third-order valence-corrected chi connectivity index (χ3v) is 3.34. The van der Waals surface area contributed by atoms with Gasteiger partial charge >= 0.3 is 0 Å². The first-order chi connectivity index (χ1) is 9.99. The normalized spacial score (nSPS) is 10.3. The Labute approximate surface area is 132 Å². The summed E-state index contributed by atoms with van der Waals surface area (Å²) >= 11 is 3.43. The standard InChI is InChI=1S/C13H18BrN7/c1-20(2)12-16-11(19-15)17-13(18-12)21(3)8-9-4-6-10(14)7-5-9/h4-7H,8,15H2,1-3H3,(H,16,17,18,19). The zero-order valence-electron chi connectivity index (χ0n) is 12.2. The third-order valence-electron chi connectivity index (χ3n) is 2.82. The molecule has 1 heterocycles. The summed E-state index contributed by atoms with van der Waals surface area (Å²) < 4.78 is 1.05. The first kappa shape index (κ1) is 15.5. The summed E-state index contributed by atoms with van der Waals surface area (Å²) in [6.45, 7) is 0.689. The van der Waals surface area contributed by atoms with E-state index in [4.69, 9.17) is 5.84 Å². The van der Waals surface area contributed by atoms with Gasteiger partial charge in [-0.25, -0.2) is 5.84 Å². The van der Waals surface area contributed by atoms with Gasteiger partial charge in [-0.15, -0.1) is 0 Å². The van der Waals surface area contributed by atoms with Crippen molar-refractivity contribution in [3.05, 3.63) is 34.3 Å². The average molecular weight is 352 g/mol. The van der Waals surface area contributed by atoms with E-state index in [0.29, 0.717) is 24.4 Å². The molecule has 0 atom stereocenters. The van der Waals surface area contributed by atoms with Crippen LogP contribution in [0.1, 0.15) is 5.56 Å². The Morgan fingerprint density at radius 3 is 2.24 bits per heavy atom. The van der Waals surface area contributed by atoms with E-state index in [1.165, 1.54) is 0 Å². The zero-order chi connectivity index (χ0) is 15.4. The van der Waals surface area contributed by atoms with Crippen LogP contribution >= 0.6 is 15.9 Å². The molecule has 1 aromatic carbocycles. The highest BCUT2D eigenvalue weighted by Crippen LogP contribution is 2.17. The number of hydrogen-bond acceptors (Lipinski definition) is 7. The van der Waals surface area contributed by atoms with Crippen molar-refractivity contribution in [3.8, 4) is 0 Å². The second-order valence-corrected chi connectivity index (χ2v) is 5.70. The van der Waals surface area contributed by atoms with E-state index in [0.717, 1.165) is 10.0 Å². The van der Waals surface area contributed by atoms with Gasteiger partial charge in [0.05, 0.1) is 0 Å². The lowest BCUT2D eigenvalue weighted by molar-refractivity contribution is 0.842. The molecule has 0 amide bonds. The van der Waals surface area contributed by atoms with Crippen LogP contribution in [0.25, 0.3) is 0 Å². The molecule has 0 fully saturated rings. The maximum atomic E-state index is 5.41. The van der Waals surface area contributed by atoms with E-state index in [1.54, 1.807) is 4.90 Å². The largest absolute Gasteiger partial charge is 0.347 e. The quantitative estimate of drug-likeness (QED) is 0.625. The fourth-order valence-electron chi connectivity index (χ4n) is 1.72. The lowest BCUT2D eigenvalue weighted by Crippen LogP contribution is -2.24. The Hall–Kier alpha value is -1.93. The van der Waals surface area contributed by atoms with Crippen molar-refractivity contribution in [1.82, 2.24) is 15.0 Å². The van der Waals surface area contributed by atoms with Gasteiger partial charge in [0, 0.05) is 32.2 Å². The predicted octanol–water partition coefficient (Wildman–Crippen LogP) is 1.62. The van der Waals surface area contributed by atoms with Crippen LogP contribution in [-0.4, -0.2) is 36.1 Å². The van der Waals surface area contributed by atoms with Crippen molar-refractivity contribution in [1.29, 1.82) is 0 Å². The highest BCUT2D eigenvalue weighted by molar-refractivity contribution is 9.10. The second kappa shape index (κ2) is 6.68. The number of aromatic nitrogens is 3. The summed E-state index contributed by atoms with van der Waals surface area (Å²) in [6.07, 6.45) is 0. The molecule has 21 heavy (non-hydrogen) atoms. The summed E-state index contributed by atoms with van der Waals surface area (Å²) in [7, 11) is 5.67. The highest BCUT2D eigenvalue weighted by atomic mass is 79.9. The molecule has 0 aliphatic carbocycles. The van der Waals surface area contributed by atoms with Gasteiger partial charge in [-0.2, -0.15) is 15.0 Å². The number of benzene rings is 1. The summed E-state index contributed by atoms with van der Waals surface area (Å²) in [5.74, 6) is 6.86. The van der Waals surface area contributed by atoms with Gasteiger partial charge in [0.25, 0.3) is 0 Å². The van der Waals surface area contributed by atoms with Crippen LogP contribution in [0.2, 0.25) is 0 Å². The van der Waals surface area contributed by atoms with Crippen molar-refractivity contribution in [2.24, 2.45) is 5.84 Å². The number of rotatable bonds is 5. The number of hydrazine groups is 1. The SMILES string of the molecule is CN(C)c1nc(NN)nc(N(C)Cc2ccc(Br)cc2)n1. The fraction of sp³-hybridized carbons (Fsp3) is 0.308. The third kappa shape index (κ3) is 4.02. The van der Waals surface area contributed by atoms with Crippen LogP contribution < -0.4 is 21.1 Å². The van der Waals surface area contributed by atoms with Crippen LogP contribution in [0.15, 0.2) is 28.7 Å². The highest BCUT2D eigenvalue weighted by Gasteiger charge is 2.11. The van der Waals surface area contributed by atoms with E-state index < -0.39 is 0 Å². The molecule has 3 N–H and O–H groups in total. The Balaban J connectivity index is 2.23. The number of halogens is 1. The molecule has 2 rings (SSSR count). The van der Waals surface area contributed by atoms with E-state index in [2.05, 4.69) is 48.4 Å². The van der Waals surface area contributed by atoms with Crippen LogP contribution in [0.4, 0.5) is 17.8 Å². The molecule has 0 bridgehead atoms. The van der Waals surface area contributed by atoms with Crippen molar-refractivity contribution in [3.63, 3.8) is 0 Å². The summed E-state index contributed by atoms with van der Waals surface area (Å²) in [5, 5.41) is 0. The number of anilines is 3. The minimum atomic E-state index is 0.339. The molecular weight excluding hydrogens is 334 g/mol. The van der Waals surface area contributed by atoms with Crippen LogP contribution in [0, 0.1) is 0 Å². The molecular formula is C13H18BrN7. The van der Waals surface area contributed by atoms with E-state index in [9.17, 15) is 0 Å². The van der Waals surface area contributed by atoms with Gasteiger partial charge in [-0.05, 0) is 17.7 Å². The zero-order valence-corrected chi connectivity index (χ0v) is 13.8. The van der Waals surface area contributed by atoms with E-state index in [-0.39, 0.29) is 0 Å². The molecule has 0 radical (unpaired) electrons. The van der Waals surface area contributed by atoms with Crippen molar-refractivity contribution in [2.45, 2.75) is 6.54 Å². The first-order valence-corrected chi connectivity index (χ1v) is 7.14. The van der Waals surface area contributed by atoms with Gasteiger partial charge in [0.2, 0.25) is 17.8 Å². The predicted molar refractivity (Wildman–Crippen MR) is 88.2 cm³/mol. The molecule has 0 aliphatic rings. The van der Waals surface area contributed by atoms with Crippen LogP contribution in [0.3, 0.4) is 0 Å². The van der Waals surface area contributed by atoms with Gasteiger partial charge in [-0.3, -0.25) is 5.43 Å². The minimum Gasteiger partial charge on any atom is -0.347 e. The van der Waals surface area contributed by atoms with Crippen molar-refractivity contribution < 1.29 is 0 Å². The molecule has 7 nitrogen and oxygen atoms in total. The molecule has 8 heteroatoms.